The Hall–Kier alpha value is -2.93. The molecule has 31 heavy (non-hydrogen) atoms. The van der Waals surface area contributed by atoms with Gasteiger partial charge in [0.15, 0.2) is 5.65 Å². The summed E-state index contributed by atoms with van der Waals surface area (Å²) in [5.74, 6) is 2.92. The van der Waals surface area contributed by atoms with Crippen molar-refractivity contribution >= 4 is 11.6 Å². The second-order valence-corrected chi connectivity index (χ2v) is 8.69. The average molecular weight is 420 g/mol. The van der Waals surface area contributed by atoms with E-state index in [1.165, 1.54) is 12.8 Å². The Kier molecular flexibility index (Phi) is 5.59. The number of hydrogen-bond donors (Lipinski definition) is 1. The maximum absolute atomic E-state index is 12.8. The lowest BCUT2D eigenvalue weighted by atomic mass is 9.96. The van der Waals surface area contributed by atoms with Gasteiger partial charge in [0.05, 0.1) is 19.7 Å². The molecule has 5 rings (SSSR count). The van der Waals surface area contributed by atoms with Gasteiger partial charge in [-0.3, -0.25) is 14.1 Å². The molecule has 1 aromatic carbocycles. The fourth-order valence-electron chi connectivity index (χ4n) is 4.62. The van der Waals surface area contributed by atoms with E-state index in [4.69, 9.17) is 4.74 Å². The minimum Gasteiger partial charge on any atom is -0.497 e. The zero-order valence-corrected chi connectivity index (χ0v) is 17.9. The normalized spacial score (nSPS) is 18.7. The van der Waals surface area contributed by atoms with E-state index in [0.29, 0.717) is 18.4 Å². The van der Waals surface area contributed by atoms with Crippen molar-refractivity contribution < 1.29 is 9.53 Å². The second kappa shape index (κ2) is 8.67. The molecule has 1 aliphatic heterocycles. The Labute approximate surface area is 182 Å². The molecule has 1 saturated carbocycles. The number of fused-ring (bicyclic) bond motifs is 1. The Morgan fingerprint density at radius 2 is 1.87 bits per heavy atom. The number of rotatable bonds is 7. The molecule has 3 heterocycles. The van der Waals surface area contributed by atoms with Gasteiger partial charge in [0.25, 0.3) is 0 Å². The van der Waals surface area contributed by atoms with Crippen LogP contribution in [0.15, 0.2) is 48.7 Å². The maximum atomic E-state index is 12.8. The molecule has 2 aliphatic rings. The zero-order valence-electron chi connectivity index (χ0n) is 17.9. The van der Waals surface area contributed by atoms with Crippen molar-refractivity contribution in [2.75, 3.05) is 26.7 Å². The number of methoxy groups -OCH3 is 1. The molecule has 162 valence electrons. The van der Waals surface area contributed by atoms with Crippen LogP contribution in [-0.4, -0.2) is 52.1 Å². The highest BCUT2D eigenvalue weighted by molar-refractivity contribution is 5.78. The number of aromatic nitrogens is 3. The number of nitrogens with one attached hydrogen (secondary N) is 1. The van der Waals surface area contributed by atoms with E-state index in [9.17, 15) is 4.79 Å². The van der Waals surface area contributed by atoms with E-state index in [-0.39, 0.29) is 11.9 Å². The van der Waals surface area contributed by atoms with Gasteiger partial charge in [0, 0.05) is 12.1 Å². The first-order valence-corrected chi connectivity index (χ1v) is 11.2. The SMILES string of the molecule is COc1ccc(C(NC(=O)CN2CCC(c3nnc4ccccn34)CC2)C2CC2)cc1. The molecule has 0 bridgehead atoms. The number of piperidine rings is 1. The molecule has 1 saturated heterocycles. The van der Waals surface area contributed by atoms with Crippen molar-refractivity contribution in [1.29, 1.82) is 0 Å². The van der Waals surface area contributed by atoms with Crippen molar-refractivity contribution in [3.63, 3.8) is 0 Å². The molecule has 3 aromatic rings. The number of nitrogens with zero attached hydrogens (tertiary/aromatic N) is 4. The van der Waals surface area contributed by atoms with Gasteiger partial charge in [-0.15, -0.1) is 10.2 Å². The topological polar surface area (TPSA) is 71.8 Å². The summed E-state index contributed by atoms with van der Waals surface area (Å²) >= 11 is 0. The lowest BCUT2D eigenvalue weighted by molar-refractivity contribution is -0.123. The summed E-state index contributed by atoms with van der Waals surface area (Å²) in [6, 6.07) is 14.1. The standard InChI is InChI=1S/C24H29N5O2/c1-31-20-9-7-18(8-10-20)23(17-5-6-17)25-22(30)16-28-14-11-19(12-15-28)24-27-26-21-4-2-3-13-29(21)24/h2-4,7-10,13,17,19,23H,5-6,11-12,14-16H2,1H3,(H,25,30). The lowest BCUT2D eigenvalue weighted by Gasteiger charge is -2.31. The second-order valence-electron chi connectivity index (χ2n) is 8.69. The predicted molar refractivity (Wildman–Crippen MR) is 118 cm³/mol. The van der Waals surface area contributed by atoms with Crippen LogP contribution in [0.5, 0.6) is 5.75 Å². The fourth-order valence-corrected chi connectivity index (χ4v) is 4.62. The van der Waals surface area contributed by atoms with Crippen LogP contribution in [0, 0.1) is 5.92 Å². The summed E-state index contributed by atoms with van der Waals surface area (Å²) in [6.45, 7) is 2.25. The maximum Gasteiger partial charge on any atom is 0.234 e. The Balaban J connectivity index is 1.16. The van der Waals surface area contributed by atoms with Crippen LogP contribution in [-0.2, 0) is 4.79 Å². The number of carbonyl (C=O) groups excluding carboxylic acids is 1. The van der Waals surface area contributed by atoms with Gasteiger partial charge in [0.2, 0.25) is 5.91 Å². The molecule has 2 aromatic heterocycles. The van der Waals surface area contributed by atoms with Crippen molar-refractivity contribution in [2.24, 2.45) is 5.92 Å². The van der Waals surface area contributed by atoms with Crippen LogP contribution < -0.4 is 10.1 Å². The summed E-state index contributed by atoms with van der Waals surface area (Å²) in [6.07, 6.45) is 6.37. The van der Waals surface area contributed by atoms with E-state index in [1.807, 2.05) is 36.5 Å². The first kappa shape index (κ1) is 20.0. The molecular formula is C24H29N5O2. The zero-order chi connectivity index (χ0) is 21.2. The molecule has 7 heteroatoms. The number of carbonyl (C=O) groups is 1. The minimum atomic E-state index is 0.0957. The highest BCUT2D eigenvalue weighted by atomic mass is 16.5. The summed E-state index contributed by atoms with van der Waals surface area (Å²) < 4.78 is 7.35. The van der Waals surface area contributed by atoms with Crippen LogP contribution in [0.25, 0.3) is 5.65 Å². The molecule has 1 N–H and O–H groups in total. The molecule has 1 amide bonds. The van der Waals surface area contributed by atoms with Crippen molar-refractivity contribution in [1.82, 2.24) is 24.8 Å². The Morgan fingerprint density at radius 3 is 2.58 bits per heavy atom. The largest absolute Gasteiger partial charge is 0.497 e. The summed E-state index contributed by atoms with van der Waals surface area (Å²) in [4.78, 5) is 15.1. The minimum absolute atomic E-state index is 0.0957. The third kappa shape index (κ3) is 4.42. The fraction of sp³-hybridized carbons (Fsp3) is 0.458. The molecule has 1 atom stereocenters. The number of ether oxygens (including phenoxy) is 1. The van der Waals surface area contributed by atoms with Gasteiger partial charge in [0.1, 0.15) is 11.6 Å². The molecular weight excluding hydrogens is 390 g/mol. The van der Waals surface area contributed by atoms with Crippen LogP contribution in [0.1, 0.15) is 49.0 Å². The summed E-state index contributed by atoms with van der Waals surface area (Å²) in [5, 5.41) is 12.0. The summed E-state index contributed by atoms with van der Waals surface area (Å²) in [5.41, 5.74) is 2.05. The van der Waals surface area contributed by atoms with E-state index in [1.54, 1.807) is 7.11 Å². The number of benzene rings is 1. The molecule has 2 fully saturated rings. The third-order valence-electron chi connectivity index (χ3n) is 6.54. The van der Waals surface area contributed by atoms with Crippen LogP contribution in [0.2, 0.25) is 0 Å². The van der Waals surface area contributed by atoms with Crippen LogP contribution >= 0.6 is 0 Å². The predicted octanol–water partition coefficient (Wildman–Crippen LogP) is 3.18. The van der Waals surface area contributed by atoms with E-state index >= 15 is 0 Å². The Bertz CT molecular complexity index is 1040. The van der Waals surface area contributed by atoms with Crippen molar-refractivity contribution in [3.8, 4) is 5.75 Å². The first-order valence-electron chi connectivity index (χ1n) is 11.2. The average Bonchev–Trinajstić information content (AvgIpc) is 3.56. The van der Waals surface area contributed by atoms with Gasteiger partial charge in [-0.2, -0.15) is 0 Å². The number of amides is 1. The quantitative estimate of drug-likeness (QED) is 0.637. The third-order valence-corrected chi connectivity index (χ3v) is 6.54. The van der Waals surface area contributed by atoms with E-state index in [0.717, 1.165) is 48.7 Å². The number of hydrogen-bond acceptors (Lipinski definition) is 5. The van der Waals surface area contributed by atoms with Crippen LogP contribution in [0.3, 0.4) is 0 Å². The molecule has 1 aliphatic carbocycles. The van der Waals surface area contributed by atoms with Gasteiger partial charge in [-0.25, -0.2) is 0 Å². The lowest BCUT2D eigenvalue weighted by Crippen LogP contribution is -2.42. The van der Waals surface area contributed by atoms with Crippen LogP contribution in [0.4, 0.5) is 0 Å². The number of likely N-dealkylation sites (tertiary alicyclic amines) is 1. The van der Waals surface area contributed by atoms with Gasteiger partial charge >= 0.3 is 0 Å². The van der Waals surface area contributed by atoms with Gasteiger partial charge in [-0.05, 0) is 74.5 Å². The summed E-state index contributed by atoms with van der Waals surface area (Å²) in [7, 11) is 1.67. The smallest absolute Gasteiger partial charge is 0.234 e. The monoisotopic (exact) mass is 419 g/mol. The van der Waals surface area contributed by atoms with Crippen molar-refractivity contribution in [3.05, 3.63) is 60.0 Å². The first-order chi connectivity index (χ1) is 15.2. The molecule has 1 unspecified atom stereocenters. The van der Waals surface area contributed by atoms with E-state index < -0.39 is 0 Å². The molecule has 0 spiro atoms. The molecule has 7 nitrogen and oxygen atoms in total. The van der Waals surface area contributed by atoms with Gasteiger partial charge in [-0.1, -0.05) is 18.2 Å². The molecule has 0 radical (unpaired) electrons. The number of pyridine rings is 1. The highest BCUT2D eigenvalue weighted by Crippen LogP contribution is 2.41. The van der Waals surface area contributed by atoms with Gasteiger partial charge < -0.3 is 10.1 Å². The van der Waals surface area contributed by atoms with E-state index in [2.05, 4.69) is 36.9 Å². The highest BCUT2D eigenvalue weighted by Gasteiger charge is 2.34. The Morgan fingerprint density at radius 1 is 1.10 bits per heavy atom. The van der Waals surface area contributed by atoms with Crippen molar-refractivity contribution in [2.45, 2.75) is 37.6 Å².